The maximum Gasteiger partial charge on any atom is 0.343 e. The molecule has 1 atom stereocenters. The summed E-state index contributed by atoms with van der Waals surface area (Å²) in [4.78, 5) is 25.0. The minimum atomic E-state index is -0.910. The van der Waals surface area contributed by atoms with Crippen LogP contribution in [0.4, 0.5) is 0 Å². The highest BCUT2D eigenvalue weighted by atomic mass is 35.5. The number of ether oxygens (including phenoxy) is 1. The van der Waals surface area contributed by atoms with Gasteiger partial charge in [-0.2, -0.15) is 5.10 Å². The number of carbonyl (C=O) groups is 2. The first-order valence-corrected chi connectivity index (χ1v) is 10.6. The molecule has 0 spiro atoms. The molecule has 1 unspecified atom stereocenters. The highest BCUT2D eigenvalue weighted by Gasteiger charge is 2.27. The highest BCUT2D eigenvalue weighted by molar-refractivity contribution is 6.33. The van der Waals surface area contributed by atoms with Crippen LogP contribution in [0.5, 0.6) is 0 Å². The lowest BCUT2D eigenvalue weighted by Gasteiger charge is -2.24. The van der Waals surface area contributed by atoms with Crippen LogP contribution in [0, 0.1) is 6.92 Å². The van der Waals surface area contributed by atoms with Gasteiger partial charge in [0.1, 0.15) is 10.7 Å². The lowest BCUT2D eigenvalue weighted by Crippen LogP contribution is -2.42. The molecule has 1 aromatic carbocycles. The molecule has 1 aromatic heterocycles. The summed E-state index contributed by atoms with van der Waals surface area (Å²) in [5.41, 5.74) is 1.43. The number of aryl methyl sites for hydroxylation is 1. The van der Waals surface area contributed by atoms with E-state index >= 15 is 0 Å². The van der Waals surface area contributed by atoms with Crippen LogP contribution in [-0.2, 0) is 16.1 Å². The SMILES string of the molecule is Cc1nn(Cc2ccccc2Cl)c(Cl)c1C(=O)OC(C)C(=O)NC1CCCCC1. The van der Waals surface area contributed by atoms with Crippen molar-refractivity contribution in [3.05, 3.63) is 51.3 Å². The van der Waals surface area contributed by atoms with E-state index in [0.29, 0.717) is 17.3 Å². The van der Waals surface area contributed by atoms with E-state index in [2.05, 4.69) is 10.4 Å². The van der Waals surface area contributed by atoms with Gasteiger partial charge in [0.05, 0.1) is 12.2 Å². The van der Waals surface area contributed by atoms with E-state index < -0.39 is 12.1 Å². The number of benzene rings is 1. The maximum atomic E-state index is 12.7. The molecular formula is C21H25Cl2N3O3. The van der Waals surface area contributed by atoms with E-state index in [1.807, 2.05) is 18.2 Å². The van der Waals surface area contributed by atoms with Gasteiger partial charge in [-0.05, 0) is 38.3 Å². The fourth-order valence-electron chi connectivity index (χ4n) is 3.52. The first-order valence-electron chi connectivity index (χ1n) is 9.84. The molecular weight excluding hydrogens is 413 g/mol. The summed E-state index contributed by atoms with van der Waals surface area (Å²) in [6, 6.07) is 7.51. The molecule has 0 bridgehead atoms. The lowest BCUT2D eigenvalue weighted by molar-refractivity contribution is -0.130. The first-order chi connectivity index (χ1) is 13.9. The van der Waals surface area contributed by atoms with Crippen LogP contribution in [0.3, 0.4) is 0 Å². The Balaban J connectivity index is 1.66. The number of esters is 1. The third-order valence-corrected chi connectivity index (χ3v) is 5.90. The summed E-state index contributed by atoms with van der Waals surface area (Å²) in [5, 5.41) is 8.05. The number of nitrogens with one attached hydrogen (secondary N) is 1. The standard InChI is InChI=1S/C21H25Cl2N3O3/c1-13-18(19(23)26(25-13)12-15-8-6-7-11-17(15)22)21(28)29-14(2)20(27)24-16-9-4-3-5-10-16/h6-8,11,14,16H,3-5,9-10,12H2,1-2H3,(H,24,27). The number of carbonyl (C=O) groups excluding carboxylic acids is 2. The van der Waals surface area contributed by atoms with Crippen LogP contribution in [0.15, 0.2) is 24.3 Å². The zero-order valence-corrected chi connectivity index (χ0v) is 18.1. The smallest absolute Gasteiger partial charge is 0.343 e. The molecule has 0 aliphatic heterocycles. The number of amides is 1. The zero-order valence-electron chi connectivity index (χ0n) is 16.6. The summed E-state index contributed by atoms with van der Waals surface area (Å²) in [6.45, 7) is 3.57. The number of rotatable bonds is 6. The Morgan fingerprint density at radius 1 is 1.24 bits per heavy atom. The number of hydrogen-bond acceptors (Lipinski definition) is 4. The van der Waals surface area contributed by atoms with Gasteiger partial charge in [0.25, 0.3) is 5.91 Å². The molecule has 0 saturated heterocycles. The number of aromatic nitrogens is 2. The van der Waals surface area contributed by atoms with Gasteiger partial charge in [-0.25, -0.2) is 9.48 Å². The van der Waals surface area contributed by atoms with Gasteiger partial charge < -0.3 is 10.1 Å². The second-order valence-electron chi connectivity index (χ2n) is 7.39. The molecule has 8 heteroatoms. The predicted molar refractivity (Wildman–Crippen MR) is 112 cm³/mol. The number of nitrogens with zero attached hydrogens (tertiary/aromatic N) is 2. The maximum absolute atomic E-state index is 12.7. The molecule has 1 aliphatic carbocycles. The van der Waals surface area contributed by atoms with Crippen molar-refractivity contribution in [1.82, 2.24) is 15.1 Å². The molecule has 1 N–H and O–H groups in total. The second kappa shape index (κ2) is 9.63. The van der Waals surface area contributed by atoms with Gasteiger partial charge in [0.2, 0.25) is 0 Å². The number of halogens is 2. The van der Waals surface area contributed by atoms with Gasteiger partial charge in [-0.3, -0.25) is 4.79 Å². The average molecular weight is 438 g/mol. The Morgan fingerprint density at radius 2 is 1.93 bits per heavy atom. The van der Waals surface area contributed by atoms with Crippen LogP contribution in [0.1, 0.15) is 60.6 Å². The summed E-state index contributed by atoms with van der Waals surface area (Å²) in [5.74, 6) is -0.952. The lowest BCUT2D eigenvalue weighted by atomic mass is 9.95. The molecule has 1 heterocycles. The molecule has 2 aromatic rings. The van der Waals surface area contributed by atoms with Crippen molar-refractivity contribution in [3.8, 4) is 0 Å². The molecule has 1 saturated carbocycles. The summed E-state index contributed by atoms with van der Waals surface area (Å²) >= 11 is 12.6. The largest absolute Gasteiger partial charge is 0.449 e. The topological polar surface area (TPSA) is 73.2 Å². The van der Waals surface area contributed by atoms with Crippen LogP contribution >= 0.6 is 23.2 Å². The van der Waals surface area contributed by atoms with Crippen molar-refractivity contribution in [2.24, 2.45) is 0 Å². The van der Waals surface area contributed by atoms with E-state index in [1.54, 1.807) is 19.9 Å². The molecule has 6 nitrogen and oxygen atoms in total. The van der Waals surface area contributed by atoms with E-state index in [9.17, 15) is 9.59 Å². The van der Waals surface area contributed by atoms with Crippen LogP contribution in [0.25, 0.3) is 0 Å². The number of hydrogen-bond donors (Lipinski definition) is 1. The van der Waals surface area contributed by atoms with Crippen LogP contribution in [-0.4, -0.2) is 33.8 Å². The minimum absolute atomic E-state index is 0.154. The van der Waals surface area contributed by atoms with E-state index in [4.69, 9.17) is 27.9 Å². The normalized spacial score (nSPS) is 15.7. The van der Waals surface area contributed by atoms with Gasteiger partial charge in [0, 0.05) is 11.1 Å². The Kier molecular flexibility index (Phi) is 7.19. The monoisotopic (exact) mass is 437 g/mol. The van der Waals surface area contributed by atoms with Crippen molar-refractivity contribution >= 4 is 35.1 Å². The third kappa shape index (κ3) is 5.31. The van der Waals surface area contributed by atoms with Gasteiger partial charge >= 0.3 is 5.97 Å². The molecule has 29 heavy (non-hydrogen) atoms. The average Bonchev–Trinajstić information content (AvgIpc) is 2.97. The Morgan fingerprint density at radius 3 is 2.62 bits per heavy atom. The van der Waals surface area contributed by atoms with E-state index in [1.165, 1.54) is 11.1 Å². The quantitative estimate of drug-likeness (QED) is 0.673. The summed E-state index contributed by atoms with van der Waals surface area (Å²) < 4.78 is 6.88. The fraction of sp³-hybridized carbons (Fsp3) is 0.476. The zero-order chi connectivity index (χ0) is 21.0. The van der Waals surface area contributed by atoms with E-state index in [-0.39, 0.29) is 22.7 Å². The van der Waals surface area contributed by atoms with E-state index in [0.717, 1.165) is 31.2 Å². The second-order valence-corrected chi connectivity index (χ2v) is 8.16. The molecule has 156 valence electrons. The Labute approximate surface area is 180 Å². The van der Waals surface area contributed by atoms with Gasteiger partial charge in [-0.1, -0.05) is 60.7 Å². The predicted octanol–water partition coefficient (Wildman–Crippen LogP) is 4.54. The Hall–Kier alpha value is -2.05. The van der Waals surface area contributed by atoms with Crippen molar-refractivity contribution in [2.45, 2.75) is 64.6 Å². The van der Waals surface area contributed by atoms with Crippen LogP contribution < -0.4 is 5.32 Å². The third-order valence-electron chi connectivity index (χ3n) is 5.15. The van der Waals surface area contributed by atoms with Crippen molar-refractivity contribution in [3.63, 3.8) is 0 Å². The molecule has 3 rings (SSSR count). The fourth-order valence-corrected chi connectivity index (χ4v) is 4.02. The van der Waals surface area contributed by atoms with Crippen molar-refractivity contribution in [1.29, 1.82) is 0 Å². The minimum Gasteiger partial charge on any atom is -0.449 e. The highest BCUT2D eigenvalue weighted by Crippen LogP contribution is 2.24. The summed E-state index contributed by atoms with van der Waals surface area (Å²) in [7, 11) is 0. The van der Waals surface area contributed by atoms with Crippen molar-refractivity contribution < 1.29 is 14.3 Å². The van der Waals surface area contributed by atoms with Crippen molar-refractivity contribution in [2.75, 3.05) is 0 Å². The molecule has 1 amide bonds. The van der Waals surface area contributed by atoms with Gasteiger partial charge in [0.15, 0.2) is 6.10 Å². The molecule has 1 aliphatic rings. The molecule has 1 fully saturated rings. The molecule has 0 radical (unpaired) electrons. The first kappa shape index (κ1) is 21.7. The van der Waals surface area contributed by atoms with Gasteiger partial charge in [-0.15, -0.1) is 0 Å². The summed E-state index contributed by atoms with van der Waals surface area (Å²) in [6.07, 6.45) is 4.44. The Bertz CT molecular complexity index is 891. The van der Waals surface area contributed by atoms with Crippen LogP contribution in [0.2, 0.25) is 10.2 Å².